The fourth-order valence-corrected chi connectivity index (χ4v) is 3.05. The highest BCUT2D eigenvalue weighted by molar-refractivity contribution is 6.01. The second kappa shape index (κ2) is 4.32. The molecule has 0 bridgehead atoms. The van der Waals surface area contributed by atoms with Crippen molar-refractivity contribution in [1.82, 2.24) is 5.32 Å². The lowest BCUT2D eigenvalue weighted by atomic mass is 10.0. The Kier molecular flexibility index (Phi) is 2.55. The Morgan fingerprint density at radius 2 is 1.86 bits per heavy atom. The van der Waals surface area contributed by atoms with Crippen LogP contribution < -0.4 is 5.32 Å². The second-order valence-electron chi connectivity index (χ2n) is 6.04. The zero-order valence-electron chi connectivity index (χ0n) is 12.0. The fourth-order valence-electron chi connectivity index (χ4n) is 3.05. The molecule has 0 atom stereocenters. The molecule has 0 saturated heterocycles. The summed E-state index contributed by atoms with van der Waals surface area (Å²) in [5.41, 5.74) is 5.28. The number of hydrogen-bond donors (Lipinski definition) is 1. The number of carbonyl (C=O) groups excluding carboxylic acids is 1. The third-order valence-corrected chi connectivity index (χ3v) is 4.52. The van der Waals surface area contributed by atoms with Crippen molar-refractivity contribution < 1.29 is 4.79 Å². The summed E-state index contributed by atoms with van der Waals surface area (Å²) in [5.74, 6) is 0.0364. The molecule has 1 aromatic rings. The van der Waals surface area contributed by atoms with E-state index in [0.717, 1.165) is 29.6 Å². The van der Waals surface area contributed by atoms with E-state index in [2.05, 4.69) is 36.5 Å². The van der Waals surface area contributed by atoms with E-state index in [1.54, 1.807) is 0 Å². The van der Waals surface area contributed by atoms with Gasteiger partial charge in [0.05, 0.1) is 5.54 Å². The highest BCUT2D eigenvalue weighted by Gasteiger charge is 2.46. The van der Waals surface area contributed by atoms with Gasteiger partial charge in [0, 0.05) is 5.57 Å². The maximum Gasteiger partial charge on any atom is 0.252 e. The number of benzene rings is 1. The van der Waals surface area contributed by atoms with E-state index in [1.165, 1.54) is 11.1 Å². The topological polar surface area (TPSA) is 29.1 Å². The molecule has 1 fully saturated rings. The molecule has 0 spiro atoms. The average molecular weight is 275 g/mol. The molecule has 3 aliphatic carbocycles. The van der Waals surface area contributed by atoms with Crippen LogP contribution in [-0.4, -0.2) is 5.91 Å². The number of rotatable bonds is 3. The van der Waals surface area contributed by atoms with Crippen LogP contribution >= 0.6 is 0 Å². The van der Waals surface area contributed by atoms with Gasteiger partial charge in [-0.05, 0) is 42.6 Å². The summed E-state index contributed by atoms with van der Waals surface area (Å²) in [6, 6.07) is 8.48. The van der Waals surface area contributed by atoms with Crippen molar-refractivity contribution in [2.24, 2.45) is 0 Å². The average Bonchev–Trinajstić information content (AvgIpc) is 2.93. The Hall–Kier alpha value is -2.35. The molecule has 0 aliphatic heterocycles. The normalized spacial score (nSPS) is 20.5. The van der Waals surface area contributed by atoms with E-state index >= 15 is 0 Å². The summed E-state index contributed by atoms with van der Waals surface area (Å²) in [7, 11) is 0. The van der Waals surface area contributed by atoms with Crippen molar-refractivity contribution in [1.29, 1.82) is 0 Å². The van der Waals surface area contributed by atoms with E-state index in [9.17, 15) is 4.79 Å². The molecule has 1 aromatic carbocycles. The Bertz CT molecular complexity index is 740. The molecule has 2 nitrogen and oxygen atoms in total. The number of allylic oxidation sites excluding steroid dienone is 6. The lowest BCUT2D eigenvalue weighted by molar-refractivity contribution is -0.118. The standard InChI is InChI=1S/C19H17NO/c1-13-5-8-15(9-6-13)19(11-12-19)20-18(21)17-10-7-14-3-2-4-16(14)17/h2-10H,11-12H2,1H3,(H,20,21). The first-order valence-corrected chi connectivity index (χ1v) is 7.39. The van der Waals surface area contributed by atoms with Crippen LogP contribution in [0.4, 0.5) is 0 Å². The molecule has 21 heavy (non-hydrogen) atoms. The summed E-state index contributed by atoms with van der Waals surface area (Å²) in [5, 5.41) is 3.25. The largest absolute Gasteiger partial charge is 0.343 e. The maximum absolute atomic E-state index is 12.6. The number of carbonyl (C=O) groups is 1. The van der Waals surface area contributed by atoms with Gasteiger partial charge in [0.2, 0.25) is 0 Å². The zero-order valence-corrected chi connectivity index (χ0v) is 12.0. The zero-order chi connectivity index (χ0) is 14.4. The third-order valence-electron chi connectivity index (χ3n) is 4.52. The van der Waals surface area contributed by atoms with Gasteiger partial charge in [0.1, 0.15) is 0 Å². The molecule has 3 aliphatic rings. The molecule has 0 radical (unpaired) electrons. The summed E-state index contributed by atoms with van der Waals surface area (Å²) < 4.78 is 0. The summed E-state index contributed by atoms with van der Waals surface area (Å²) in [6.45, 7) is 2.08. The smallest absolute Gasteiger partial charge is 0.252 e. The molecule has 0 aromatic heterocycles. The first kappa shape index (κ1) is 12.4. The van der Waals surface area contributed by atoms with Crippen molar-refractivity contribution in [3.05, 3.63) is 82.5 Å². The van der Waals surface area contributed by atoms with Crippen molar-refractivity contribution >= 4 is 5.91 Å². The maximum atomic E-state index is 12.6. The van der Waals surface area contributed by atoms with Crippen LogP contribution in [0.25, 0.3) is 0 Å². The van der Waals surface area contributed by atoms with Crippen LogP contribution in [-0.2, 0) is 10.3 Å². The van der Waals surface area contributed by atoms with Gasteiger partial charge in [-0.3, -0.25) is 4.79 Å². The van der Waals surface area contributed by atoms with Crippen LogP contribution in [0.5, 0.6) is 0 Å². The first-order valence-electron chi connectivity index (χ1n) is 7.39. The minimum absolute atomic E-state index is 0.0364. The van der Waals surface area contributed by atoms with Gasteiger partial charge >= 0.3 is 0 Å². The summed E-state index contributed by atoms with van der Waals surface area (Å²) >= 11 is 0. The van der Waals surface area contributed by atoms with E-state index in [0.29, 0.717) is 0 Å². The van der Waals surface area contributed by atoms with E-state index in [-0.39, 0.29) is 11.4 Å². The highest BCUT2D eigenvalue weighted by Crippen LogP contribution is 2.46. The quantitative estimate of drug-likeness (QED) is 0.899. The minimum atomic E-state index is -0.152. The van der Waals surface area contributed by atoms with Crippen molar-refractivity contribution in [2.45, 2.75) is 25.3 Å². The predicted octanol–water partition coefficient (Wildman–Crippen LogP) is 3.46. The lowest BCUT2D eigenvalue weighted by Gasteiger charge is -2.18. The fraction of sp³-hybridized carbons (Fsp3) is 0.211. The Morgan fingerprint density at radius 1 is 1.10 bits per heavy atom. The number of aryl methyl sites for hydroxylation is 1. The molecular formula is C19H17NO. The Morgan fingerprint density at radius 3 is 2.57 bits per heavy atom. The van der Waals surface area contributed by atoms with Crippen LogP contribution in [0.3, 0.4) is 0 Å². The predicted molar refractivity (Wildman–Crippen MR) is 83.6 cm³/mol. The van der Waals surface area contributed by atoms with E-state index in [4.69, 9.17) is 0 Å². The van der Waals surface area contributed by atoms with Crippen molar-refractivity contribution in [3.63, 3.8) is 0 Å². The minimum Gasteiger partial charge on any atom is -0.343 e. The monoisotopic (exact) mass is 275 g/mol. The van der Waals surface area contributed by atoms with E-state index < -0.39 is 0 Å². The second-order valence-corrected chi connectivity index (χ2v) is 6.04. The number of fused-ring (bicyclic) bond motifs is 1. The van der Waals surface area contributed by atoms with Crippen molar-refractivity contribution in [2.75, 3.05) is 0 Å². The van der Waals surface area contributed by atoms with E-state index in [1.807, 2.05) is 30.4 Å². The number of amides is 1. The molecule has 104 valence electrons. The van der Waals surface area contributed by atoms with Gasteiger partial charge in [-0.15, -0.1) is 0 Å². The van der Waals surface area contributed by atoms with Gasteiger partial charge < -0.3 is 5.32 Å². The van der Waals surface area contributed by atoms with Crippen LogP contribution in [0.15, 0.2) is 71.4 Å². The molecule has 0 heterocycles. The van der Waals surface area contributed by atoms with Gasteiger partial charge in [-0.1, -0.05) is 54.1 Å². The molecule has 4 rings (SSSR count). The van der Waals surface area contributed by atoms with Crippen LogP contribution in [0.2, 0.25) is 0 Å². The molecular weight excluding hydrogens is 258 g/mol. The summed E-state index contributed by atoms with van der Waals surface area (Å²) in [4.78, 5) is 12.6. The number of hydrogen-bond acceptors (Lipinski definition) is 1. The lowest BCUT2D eigenvalue weighted by Crippen LogP contribution is -2.35. The molecule has 2 heteroatoms. The first-order chi connectivity index (χ1) is 10.2. The summed E-state index contributed by atoms with van der Waals surface area (Å²) in [6.07, 6.45) is 12.0. The van der Waals surface area contributed by atoms with Gasteiger partial charge in [0.15, 0.2) is 0 Å². The Labute approximate surface area is 124 Å². The molecule has 1 N–H and O–H groups in total. The Balaban J connectivity index is 1.59. The third kappa shape index (κ3) is 1.99. The van der Waals surface area contributed by atoms with Crippen LogP contribution in [0.1, 0.15) is 24.0 Å². The molecule has 1 saturated carbocycles. The van der Waals surface area contributed by atoms with Crippen molar-refractivity contribution in [3.8, 4) is 0 Å². The van der Waals surface area contributed by atoms with Gasteiger partial charge in [-0.2, -0.15) is 0 Å². The van der Waals surface area contributed by atoms with Gasteiger partial charge in [0.25, 0.3) is 5.91 Å². The van der Waals surface area contributed by atoms with Crippen LogP contribution in [0, 0.1) is 6.92 Å². The highest BCUT2D eigenvalue weighted by atomic mass is 16.1. The van der Waals surface area contributed by atoms with Gasteiger partial charge in [-0.25, -0.2) is 0 Å². The molecule has 0 unspecified atom stereocenters. The molecule has 1 amide bonds. The number of nitrogens with one attached hydrogen (secondary N) is 1. The SMILES string of the molecule is Cc1ccc(C2(NC(=O)C3=C4C=CC=C4C=C3)CC2)cc1.